The van der Waals surface area contributed by atoms with E-state index in [1.165, 1.54) is 5.56 Å². The zero-order valence-corrected chi connectivity index (χ0v) is 10.1. The summed E-state index contributed by atoms with van der Waals surface area (Å²) in [7, 11) is 0. The van der Waals surface area contributed by atoms with Gasteiger partial charge in [-0.3, -0.25) is 4.98 Å². The monoisotopic (exact) mass is 228 g/mol. The molecule has 0 bridgehead atoms. The Balaban J connectivity index is 2.12. The Bertz CT molecular complexity index is 479. The van der Waals surface area contributed by atoms with E-state index >= 15 is 0 Å². The first-order chi connectivity index (χ1) is 8.28. The van der Waals surface area contributed by atoms with E-state index in [1.54, 1.807) is 12.4 Å². The van der Waals surface area contributed by atoms with Crippen LogP contribution in [-0.2, 0) is 0 Å². The molecule has 0 spiro atoms. The molecule has 1 aromatic carbocycles. The zero-order chi connectivity index (χ0) is 12.1. The normalized spacial score (nSPS) is 10.0. The van der Waals surface area contributed by atoms with Crippen LogP contribution in [0.15, 0.2) is 36.7 Å². The molecule has 0 unspecified atom stereocenters. The highest BCUT2D eigenvalue weighted by atomic mass is 15.1. The van der Waals surface area contributed by atoms with E-state index < -0.39 is 0 Å². The minimum Gasteiger partial charge on any atom is -0.369 e. The van der Waals surface area contributed by atoms with Crippen LogP contribution < -0.4 is 10.6 Å². The lowest BCUT2D eigenvalue weighted by Crippen LogP contribution is -2.02. The summed E-state index contributed by atoms with van der Waals surface area (Å²) < 4.78 is 0. The number of aromatic nitrogens is 2. The van der Waals surface area contributed by atoms with Crippen molar-refractivity contribution >= 4 is 17.3 Å². The summed E-state index contributed by atoms with van der Waals surface area (Å²) in [6.07, 6.45) is 3.42. The quantitative estimate of drug-likeness (QED) is 0.844. The van der Waals surface area contributed by atoms with E-state index in [1.807, 2.05) is 19.1 Å². The van der Waals surface area contributed by atoms with E-state index in [0.29, 0.717) is 0 Å². The molecule has 1 heterocycles. The van der Waals surface area contributed by atoms with Crippen molar-refractivity contribution in [1.29, 1.82) is 0 Å². The van der Waals surface area contributed by atoms with Gasteiger partial charge in [0.1, 0.15) is 5.82 Å². The maximum Gasteiger partial charge on any atom is 0.151 e. The van der Waals surface area contributed by atoms with Crippen LogP contribution in [0, 0.1) is 6.92 Å². The summed E-state index contributed by atoms with van der Waals surface area (Å²) in [5.74, 6) is 1.52. The third-order valence-corrected chi connectivity index (χ3v) is 2.32. The van der Waals surface area contributed by atoms with Crippen molar-refractivity contribution in [2.24, 2.45) is 0 Å². The molecule has 0 saturated carbocycles. The largest absolute Gasteiger partial charge is 0.369 e. The van der Waals surface area contributed by atoms with Gasteiger partial charge in [-0.2, -0.15) is 0 Å². The minimum atomic E-state index is 0.743. The molecule has 0 saturated heterocycles. The van der Waals surface area contributed by atoms with Crippen LogP contribution in [0.4, 0.5) is 17.3 Å². The molecule has 2 aromatic rings. The Morgan fingerprint density at radius 3 is 2.47 bits per heavy atom. The Labute approximate surface area is 101 Å². The van der Waals surface area contributed by atoms with Gasteiger partial charge >= 0.3 is 0 Å². The number of nitrogens with one attached hydrogen (secondary N) is 2. The molecule has 0 atom stereocenters. The van der Waals surface area contributed by atoms with E-state index in [0.717, 1.165) is 23.9 Å². The highest BCUT2D eigenvalue weighted by Crippen LogP contribution is 2.15. The van der Waals surface area contributed by atoms with Gasteiger partial charge in [-0.25, -0.2) is 4.98 Å². The van der Waals surface area contributed by atoms with Gasteiger partial charge in [0.05, 0.1) is 12.4 Å². The summed E-state index contributed by atoms with van der Waals surface area (Å²) in [6, 6.07) is 8.17. The van der Waals surface area contributed by atoms with Crippen LogP contribution in [0.5, 0.6) is 0 Å². The molecular weight excluding hydrogens is 212 g/mol. The third kappa shape index (κ3) is 3.17. The fourth-order valence-corrected chi connectivity index (χ4v) is 1.48. The predicted octanol–water partition coefficient (Wildman–Crippen LogP) is 2.96. The third-order valence-electron chi connectivity index (χ3n) is 2.32. The molecule has 0 aliphatic carbocycles. The van der Waals surface area contributed by atoms with Gasteiger partial charge in [0.15, 0.2) is 5.82 Å². The van der Waals surface area contributed by atoms with Crippen molar-refractivity contribution in [3.63, 3.8) is 0 Å². The predicted molar refractivity (Wildman–Crippen MR) is 70.7 cm³/mol. The van der Waals surface area contributed by atoms with Gasteiger partial charge in [0.2, 0.25) is 0 Å². The fraction of sp³-hybridized carbons (Fsp3) is 0.231. The summed E-state index contributed by atoms with van der Waals surface area (Å²) >= 11 is 0. The highest BCUT2D eigenvalue weighted by molar-refractivity contribution is 5.57. The Kier molecular flexibility index (Phi) is 3.55. The lowest BCUT2D eigenvalue weighted by atomic mass is 10.2. The van der Waals surface area contributed by atoms with Crippen LogP contribution in [0.25, 0.3) is 0 Å². The topological polar surface area (TPSA) is 49.8 Å². The van der Waals surface area contributed by atoms with Gasteiger partial charge in [-0.1, -0.05) is 17.7 Å². The average Bonchev–Trinajstić information content (AvgIpc) is 2.33. The smallest absolute Gasteiger partial charge is 0.151 e. The van der Waals surface area contributed by atoms with E-state index in [-0.39, 0.29) is 0 Å². The molecular formula is C13H16N4. The minimum absolute atomic E-state index is 0.743. The van der Waals surface area contributed by atoms with Crippen LogP contribution >= 0.6 is 0 Å². The SMILES string of the molecule is CCNc1cncc(Nc2ccc(C)cc2)n1. The lowest BCUT2D eigenvalue weighted by Gasteiger charge is -2.07. The Hall–Kier alpha value is -2.10. The number of anilines is 3. The van der Waals surface area contributed by atoms with Crippen molar-refractivity contribution in [3.05, 3.63) is 42.2 Å². The second-order valence-corrected chi connectivity index (χ2v) is 3.81. The number of hydrogen-bond acceptors (Lipinski definition) is 4. The molecule has 0 aliphatic rings. The summed E-state index contributed by atoms with van der Waals surface area (Å²) in [5, 5.41) is 6.35. The van der Waals surface area contributed by atoms with Crippen molar-refractivity contribution < 1.29 is 0 Å². The lowest BCUT2D eigenvalue weighted by molar-refractivity contribution is 1.12. The zero-order valence-electron chi connectivity index (χ0n) is 10.1. The van der Waals surface area contributed by atoms with Crippen LogP contribution in [-0.4, -0.2) is 16.5 Å². The van der Waals surface area contributed by atoms with Crippen LogP contribution in [0.3, 0.4) is 0 Å². The van der Waals surface area contributed by atoms with Gasteiger partial charge in [0.25, 0.3) is 0 Å². The average molecular weight is 228 g/mol. The molecule has 0 aliphatic heterocycles. The van der Waals surface area contributed by atoms with Crippen molar-refractivity contribution in [1.82, 2.24) is 9.97 Å². The Morgan fingerprint density at radius 2 is 1.76 bits per heavy atom. The van der Waals surface area contributed by atoms with Crippen molar-refractivity contribution in [3.8, 4) is 0 Å². The first-order valence-corrected chi connectivity index (χ1v) is 5.67. The molecule has 4 nitrogen and oxygen atoms in total. The molecule has 17 heavy (non-hydrogen) atoms. The molecule has 88 valence electrons. The van der Waals surface area contributed by atoms with E-state index in [2.05, 4.69) is 39.7 Å². The molecule has 0 radical (unpaired) electrons. The maximum absolute atomic E-state index is 4.40. The van der Waals surface area contributed by atoms with Crippen molar-refractivity contribution in [2.45, 2.75) is 13.8 Å². The standard InChI is InChI=1S/C13H16N4/c1-3-15-12-8-14-9-13(17-12)16-11-6-4-10(2)5-7-11/h4-9H,3H2,1-2H3,(H2,15,16,17). The number of benzene rings is 1. The number of rotatable bonds is 4. The maximum atomic E-state index is 4.40. The number of hydrogen-bond donors (Lipinski definition) is 2. The van der Waals surface area contributed by atoms with Crippen LogP contribution in [0.1, 0.15) is 12.5 Å². The van der Waals surface area contributed by atoms with Crippen molar-refractivity contribution in [2.75, 3.05) is 17.2 Å². The summed E-state index contributed by atoms with van der Waals surface area (Å²) in [5.41, 5.74) is 2.25. The van der Waals surface area contributed by atoms with Crippen LogP contribution in [0.2, 0.25) is 0 Å². The second-order valence-electron chi connectivity index (χ2n) is 3.81. The van der Waals surface area contributed by atoms with E-state index in [4.69, 9.17) is 0 Å². The number of nitrogens with zero attached hydrogens (tertiary/aromatic N) is 2. The molecule has 0 fully saturated rings. The fourth-order valence-electron chi connectivity index (χ4n) is 1.48. The molecule has 2 N–H and O–H groups in total. The van der Waals surface area contributed by atoms with Gasteiger partial charge in [0, 0.05) is 12.2 Å². The molecule has 4 heteroatoms. The highest BCUT2D eigenvalue weighted by Gasteiger charge is 1.98. The first-order valence-electron chi connectivity index (χ1n) is 5.67. The summed E-state index contributed by atoms with van der Waals surface area (Å²) in [4.78, 5) is 8.52. The van der Waals surface area contributed by atoms with Gasteiger partial charge in [-0.05, 0) is 26.0 Å². The molecule has 0 amide bonds. The Morgan fingerprint density at radius 1 is 1.06 bits per heavy atom. The summed E-state index contributed by atoms with van der Waals surface area (Å²) in [6.45, 7) is 4.93. The number of aryl methyl sites for hydroxylation is 1. The molecule has 1 aromatic heterocycles. The first kappa shape index (κ1) is 11.4. The van der Waals surface area contributed by atoms with Gasteiger partial charge < -0.3 is 10.6 Å². The van der Waals surface area contributed by atoms with E-state index in [9.17, 15) is 0 Å². The molecule has 2 rings (SSSR count). The second kappa shape index (κ2) is 5.30. The van der Waals surface area contributed by atoms with Gasteiger partial charge in [-0.15, -0.1) is 0 Å².